The maximum atomic E-state index is 13.6. The molecule has 0 aliphatic rings. The van der Waals surface area contributed by atoms with Crippen molar-refractivity contribution in [2.45, 2.75) is 18.9 Å². The summed E-state index contributed by atoms with van der Waals surface area (Å²) < 4.78 is 26.8. The van der Waals surface area contributed by atoms with Gasteiger partial charge < -0.3 is 5.32 Å². The Morgan fingerprint density at radius 1 is 1.15 bits per heavy atom. The van der Waals surface area contributed by atoms with E-state index in [0.717, 1.165) is 17.7 Å². The van der Waals surface area contributed by atoms with Crippen molar-refractivity contribution < 1.29 is 13.6 Å². The Bertz CT molecular complexity index is 953. The van der Waals surface area contributed by atoms with Gasteiger partial charge in [-0.25, -0.2) is 8.78 Å². The number of nitrogens with one attached hydrogen (secondary N) is 2. The molecule has 0 bridgehead atoms. The van der Waals surface area contributed by atoms with Crippen LogP contribution in [0.1, 0.15) is 29.4 Å². The Kier molecular flexibility index (Phi) is 5.98. The first-order valence-corrected chi connectivity index (χ1v) is 8.61. The maximum absolute atomic E-state index is 13.6. The number of carbonyl (C=O) groups excluding carboxylic acids is 1. The van der Waals surface area contributed by atoms with Crippen LogP contribution in [0.2, 0.25) is 10.0 Å². The van der Waals surface area contributed by atoms with E-state index in [-0.39, 0.29) is 23.7 Å². The lowest BCUT2D eigenvalue weighted by Gasteiger charge is -2.16. The summed E-state index contributed by atoms with van der Waals surface area (Å²) in [6, 6.07) is 7.43. The lowest BCUT2D eigenvalue weighted by molar-refractivity contribution is -0.121. The molecular formula is C17H13Cl2F2N5O. The van der Waals surface area contributed by atoms with Gasteiger partial charge >= 0.3 is 0 Å². The summed E-state index contributed by atoms with van der Waals surface area (Å²) in [5.74, 6) is -2.25. The number of halogens is 4. The van der Waals surface area contributed by atoms with Crippen LogP contribution < -0.4 is 5.32 Å². The molecule has 0 fully saturated rings. The van der Waals surface area contributed by atoms with Crippen LogP contribution in [-0.4, -0.2) is 26.5 Å². The first-order chi connectivity index (χ1) is 12.9. The molecule has 0 saturated carbocycles. The molecular weight excluding hydrogens is 399 g/mol. The highest BCUT2D eigenvalue weighted by atomic mass is 35.5. The van der Waals surface area contributed by atoms with Crippen molar-refractivity contribution in [1.29, 1.82) is 0 Å². The van der Waals surface area contributed by atoms with E-state index in [2.05, 4.69) is 25.9 Å². The van der Waals surface area contributed by atoms with E-state index in [1.165, 1.54) is 6.07 Å². The van der Waals surface area contributed by atoms with Crippen molar-refractivity contribution in [2.75, 3.05) is 0 Å². The summed E-state index contributed by atoms with van der Waals surface area (Å²) in [7, 11) is 0. The van der Waals surface area contributed by atoms with Gasteiger partial charge in [-0.05, 0) is 41.8 Å². The zero-order chi connectivity index (χ0) is 19.4. The standard InChI is InChI=1S/C17H13Cl2F2N5O/c18-11-4-1-9(12(19)8-11)3-6-15(27)22-16(17-23-25-26-24-17)10-2-5-13(20)14(21)7-10/h1-2,4-5,7-8,16H,3,6H2,(H,22,27)(H,23,24,25,26). The van der Waals surface area contributed by atoms with Gasteiger partial charge in [0.15, 0.2) is 11.6 Å². The highest BCUT2D eigenvalue weighted by Gasteiger charge is 2.22. The van der Waals surface area contributed by atoms with Crippen molar-refractivity contribution in [3.8, 4) is 0 Å². The number of carbonyl (C=O) groups is 1. The summed E-state index contributed by atoms with van der Waals surface area (Å²) in [6.45, 7) is 0. The van der Waals surface area contributed by atoms with E-state index in [9.17, 15) is 13.6 Å². The Morgan fingerprint density at radius 2 is 1.96 bits per heavy atom. The van der Waals surface area contributed by atoms with Crippen LogP contribution in [0.4, 0.5) is 8.78 Å². The normalized spacial score (nSPS) is 12.0. The fourth-order valence-electron chi connectivity index (χ4n) is 2.49. The molecule has 2 aromatic carbocycles. The first-order valence-electron chi connectivity index (χ1n) is 7.85. The lowest BCUT2D eigenvalue weighted by Crippen LogP contribution is -2.30. The van der Waals surface area contributed by atoms with Crippen molar-refractivity contribution in [2.24, 2.45) is 0 Å². The number of aromatic nitrogens is 4. The highest BCUT2D eigenvalue weighted by Crippen LogP contribution is 2.23. The molecule has 0 aliphatic carbocycles. The first kappa shape index (κ1) is 19.2. The van der Waals surface area contributed by atoms with Gasteiger partial charge in [0, 0.05) is 16.5 Å². The average molecular weight is 412 g/mol. The zero-order valence-electron chi connectivity index (χ0n) is 13.7. The van der Waals surface area contributed by atoms with Crippen LogP contribution in [0.15, 0.2) is 36.4 Å². The summed E-state index contributed by atoms with van der Waals surface area (Å²) >= 11 is 12.0. The highest BCUT2D eigenvalue weighted by molar-refractivity contribution is 6.35. The number of hydrogen-bond acceptors (Lipinski definition) is 4. The number of aryl methyl sites for hydroxylation is 1. The molecule has 1 heterocycles. The molecule has 2 N–H and O–H groups in total. The molecule has 1 atom stereocenters. The van der Waals surface area contributed by atoms with E-state index in [4.69, 9.17) is 23.2 Å². The maximum Gasteiger partial charge on any atom is 0.221 e. The van der Waals surface area contributed by atoms with Gasteiger partial charge in [0.25, 0.3) is 0 Å². The molecule has 0 radical (unpaired) electrons. The monoisotopic (exact) mass is 411 g/mol. The predicted molar refractivity (Wildman–Crippen MR) is 95.3 cm³/mol. The fraction of sp³-hybridized carbons (Fsp3) is 0.176. The molecule has 6 nitrogen and oxygen atoms in total. The lowest BCUT2D eigenvalue weighted by atomic mass is 10.0. The van der Waals surface area contributed by atoms with E-state index in [1.54, 1.807) is 18.2 Å². The number of aromatic amines is 1. The average Bonchev–Trinajstić information content (AvgIpc) is 3.16. The number of tetrazole rings is 1. The third kappa shape index (κ3) is 4.78. The SMILES string of the molecule is O=C(CCc1ccc(Cl)cc1Cl)NC(c1ccc(F)c(F)c1)c1nn[nH]n1. The molecule has 1 unspecified atom stereocenters. The Balaban J connectivity index is 1.74. The second-order valence-electron chi connectivity index (χ2n) is 5.68. The number of amides is 1. The number of nitrogens with zero attached hydrogens (tertiary/aromatic N) is 3. The van der Waals surface area contributed by atoms with E-state index >= 15 is 0 Å². The van der Waals surface area contributed by atoms with Gasteiger partial charge in [-0.3, -0.25) is 4.79 Å². The number of H-pyrrole nitrogens is 1. The van der Waals surface area contributed by atoms with Crippen LogP contribution in [0, 0.1) is 11.6 Å². The third-order valence-corrected chi connectivity index (χ3v) is 4.43. The van der Waals surface area contributed by atoms with Crippen LogP contribution in [0.5, 0.6) is 0 Å². The minimum absolute atomic E-state index is 0.110. The Morgan fingerprint density at radius 3 is 2.63 bits per heavy atom. The Hall–Kier alpha value is -2.58. The van der Waals surface area contributed by atoms with E-state index < -0.39 is 17.7 Å². The number of hydrogen-bond donors (Lipinski definition) is 2. The quantitative estimate of drug-likeness (QED) is 0.648. The van der Waals surface area contributed by atoms with Gasteiger partial charge in [-0.2, -0.15) is 5.21 Å². The van der Waals surface area contributed by atoms with Crippen molar-refractivity contribution in [3.63, 3.8) is 0 Å². The van der Waals surface area contributed by atoms with Crippen LogP contribution in [0.3, 0.4) is 0 Å². The Labute approximate surface area is 162 Å². The smallest absolute Gasteiger partial charge is 0.221 e. The zero-order valence-corrected chi connectivity index (χ0v) is 15.2. The predicted octanol–water partition coefficient (Wildman–Crippen LogP) is 3.62. The summed E-state index contributed by atoms with van der Waals surface area (Å²) in [5, 5.41) is 17.0. The van der Waals surface area contributed by atoms with Gasteiger partial charge in [0.1, 0.15) is 6.04 Å². The van der Waals surface area contributed by atoms with Gasteiger partial charge in [0.05, 0.1) is 0 Å². The molecule has 1 amide bonds. The van der Waals surface area contributed by atoms with Gasteiger partial charge in [0.2, 0.25) is 11.7 Å². The fourth-order valence-corrected chi connectivity index (χ4v) is 2.99. The molecule has 10 heteroatoms. The van der Waals surface area contributed by atoms with Crippen molar-refractivity contribution in [3.05, 3.63) is 75.0 Å². The molecule has 1 aromatic heterocycles. The van der Waals surface area contributed by atoms with Crippen molar-refractivity contribution in [1.82, 2.24) is 25.9 Å². The summed E-state index contributed by atoms with van der Waals surface area (Å²) in [5.41, 5.74) is 1.05. The summed E-state index contributed by atoms with van der Waals surface area (Å²) in [4.78, 5) is 12.4. The van der Waals surface area contributed by atoms with Crippen molar-refractivity contribution >= 4 is 29.1 Å². The topological polar surface area (TPSA) is 83.6 Å². The third-order valence-electron chi connectivity index (χ3n) is 3.84. The van der Waals surface area contributed by atoms with Gasteiger partial charge in [-0.1, -0.05) is 40.5 Å². The largest absolute Gasteiger partial charge is 0.342 e. The molecule has 3 aromatic rings. The van der Waals surface area contributed by atoms with Gasteiger partial charge in [-0.15, -0.1) is 10.2 Å². The van der Waals surface area contributed by atoms with E-state index in [0.29, 0.717) is 16.5 Å². The molecule has 3 rings (SSSR count). The minimum Gasteiger partial charge on any atom is -0.342 e. The van der Waals surface area contributed by atoms with Crippen LogP contribution in [-0.2, 0) is 11.2 Å². The molecule has 0 aliphatic heterocycles. The second-order valence-corrected chi connectivity index (χ2v) is 6.52. The number of rotatable bonds is 6. The van der Waals surface area contributed by atoms with E-state index in [1.807, 2.05) is 0 Å². The second kappa shape index (κ2) is 8.41. The minimum atomic E-state index is -1.04. The molecule has 27 heavy (non-hydrogen) atoms. The van der Waals surface area contributed by atoms with Crippen LogP contribution >= 0.6 is 23.2 Å². The molecule has 0 saturated heterocycles. The molecule has 0 spiro atoms. The van der Waals surface area contributed by atoms with Crippen LogP contribution in [0.25, 0.3) is 0 Å². The molecule has 140 valence electrons. The number of benzene rings is 2. The summed E-state index contributed by atoms with van der Waals surface area (Å²) in [6.07, 6.45) is 0.484.